The Hall–Kier alpha value is -1.63. The van der Waals surface area contributed by atoms with Gasteiger partial charge in [-0.05, 0) is 94.4 Å². The fraction of sp³-hybridized carbons (Fsp3) is 0.870. The van der Waals surface area contributed by atoms with Crippen molar-refractivity contribution in [3.8, 4) is 6.01 Å². The molecule has 0 atom stereocenters. The molecule has 2 aliphatic rings. The topological polar surface area (TPSA) is 80.4 Å². The van der Waals surface area contributed by atoms with Gasteiger partial charge in [0.25, 0.3) is 0 Å². The molecule has 0 aliphatic carbocycles. The van der Waals surface area contributed by atoms with Crippen LogP contribution in [0.4, 0.5) is 11.9 Å². The number of ether oxygens (including phenoxy) is 1. The van der Waals surface area contributed by atoms with Crippen LogP contribution in [0.5, 0.6) is 6.01 Å². The van der Waals surface area contributed by atoms with E-state index in [-0.39, 0.29) is 28.2 Å². The number of nitrogens with zero attached hydrogens (tertiary/aromatic N) is 5. The zero-order chi connectivity index (χ0) is 22.5. The van der Waals surface area contributed by atoms with Gasteiger partial charge in [-0.2, -0.15) is 15.0 Å². The van der Waals surface area contributed by atoms with Gasteiger partial charge in [-0.1, -0.05) is 0 Å². The van der Waals surface area contributed by atoms with Crippen molar-refractivity contribution in [3.05, 3.63) is 0 Å². The Morgan fingerprint density at radius 1 is 0.800 bits per heavy atom. The standard InChI is InChI=1S/C23H42N6O/c1-10-30-19-26-17(28-20(2,3)12-11-13-21(28,4)5)25-18(27-19)29-22(6,7)14-16(24)15-23(29,8)9/h16H,10-15,24H2,1-9H3. The Morgan fingerprint density at radius 2 is 1.23 bits per heavy atom. The van der Waals surface area contributed by atoms with Gasteiger partial charge in [0.15, 0.2) is 0 Å². The highest BCUT2D eigenvalue weighted by Crippen LogP contribution is 2.44. The van der Waals surface area contributed by atoms with E-state index in [2.05, 4.69) is 65.2 Å². The fourth-order valence-electron chi connectivity index (χ4n) is 6.17. The Kier molecular flexibility index (Phi) is 5.76. The number of aromatic nitrogens is 3. The van der Waals surface area contributed by atoms with E-state index in [1.807, 2.05) is 6.92 Å². The van der Waals surface area contributed by atoms with E-state index >= 15 is 0 Å². The minimum atomic E-state index is -0.170. The quantitative estimate of drug-likeness (QED) is 0.780. The smallest absolute Gasteiger partial charge is 0.323 e. The molecule has 30 heavy (non-hydrogen) atoms. The molecular weight excluding hydrogens is 376 g/mol. The maximum atomic E-state index is 6.41. The Bertz CT molecular complexity index is 739. The summed E-state index contributed by atoms with van der Waals surface area (Å²) >= 11 is 0. The lowest BCUT2D eigenvalue weighted by Crippen LogP contribution is -2.64. The predicted octanol–water partition coefficient (Wildman–Crippen LogP) is 4.30. The highest BCUT2D eigenvalue weighted by Gasteiger charge is 2.47. The van der Waals surface area contributed by atoms with E-state index in [9.17, 15) is 0 Å². The van der Waals surface area contributed by atoms with Crippen LogP contribution in [-0.2, 0) is 0 Å². The summed E-state index contributed by atoms with van der Waals surface area (Å²) in [5, 5.41) is 0. The molecule has 3 rings (SSSR count). The van der Waals surface area contributed by atoms with Gasteiger partial charge in [0.1, 0.15) is 0 Å². The third kappa shape index (κ3) is 4.23. The Balaban J connectivity index is 2.16. The van der Waals surface area contributed by atoms with Crippen LogP contribution in [0.1, 0.15) is 94.4 Å². The van der Waals surface area contributed by atoms with Gasteiger partial charge in [0.05, 0.1) is 6.61 Å². The largest absolute Gasteiger partial charge is 0.464 e. The van der Waals surface area contributed by atoms with Gasteiger partial charge in [0.2, 0.25) is 11.9 Å². The fourth-order valence-corrected chi connectivity index (χ4v) is 6.17. The second kappa shape index (κ2) is 7.50. The highest BCUT2D eigenvalue weighted by molar-refractivity contribution is 5.49. The molecule has 0 saturated carbocycles. The van der Waals surface area contributed by atoms with E-state index in [1.54, 1.807) is 0 Å². The molecule has 7 heteroatoms. The molecule has 7 nitrogen and oxygen atoms in total. The normalized spacial score (nSPS) is 25.3. The van der Waals surface area contributed by atoms with Gasteiger partial charge in [-0.3, -0.25) is 0 Å². The monoisotopic (exact) mass is 418 g/mol. The average molecular weight is 419 g/mol. The van der Waals surface area contributed by atoms with Crippen LogP contribution in [0.15, 0.2) is 0 Å². The molecule has 1 aromatic heterocycles. The molecule has 0 bridgehead atoms. The highest BCUT2D eigenvalue weighted by atomic mass is 16.5. The lowest BCUT2D eigenvalue weighted by molar-refractivity contribution is 0.213. The summed E-state index contributed by atoms with van der Waals surface area (Å²) in [7, 11) is 0. The van der Waals surface area contributed by atoms with Gasteiger partial charge >= 0.3 is 6.01 Å². The molecule has 0 unspecified atom stereocenters. The lowest BCUT2D eigenvalue weighted by Gasteiger charge is -2.55. The summed E-state index contributed by atoms with van der Waals surface area (Å²) in [5.74, 6) is 1.39. The molecule has 2 N–H and O–H groups in total. The molecule has 0 aromatic carbocycles. The second-order valence-electron chi connectivity index (χ2n) is 11.6. The predicted molar refractivity (Wildman–Crippen MR) is 123 cm³/mol. The van der Waals surface area contributed by atoms with Gasteiger partial charge in [0, 0.05) is 28.2 Å². The molecule has 1 aromatic rings. The van der Waals surface area contributed by atoms with Crippen molar-refractivity contribution >= 4 is 11.9 Å². The van der Waals surface area contributed by atoms with E-state index < -0.39 is 0 Å². The van der Waals surface area contributed by atoms with E-state index in [0.717, 1.165) is 25.7 Å². The SMILES string of the molecule is CCOc1nc(N2C(C)(C)CCCC2(C)C)nc(N2C(C)(C)CC(N)CC2(C)C)n1. The maximum absolute atomic E-state index is 6.41. The van der Waals surface area contributed by atoms with Crippen molar-refractivity contribution in [1.29, 1.82) is 0 Å². The number of piperidine rings is 2. The second-order valence-corrected chi connectivity index (χ2v) is 11.6. The van der Waals surface area contributed by atoms with Crippen LogP contribution in [0.2, 0.25) is 0 Å². The third-order valence-electron chi connectivity index (χ3n) is 6.79. The average Bonchev–Trinajstić information content (AvgIpc) is 2.50. The molecule has 3 heterocycles. The van der Waals surface area contributed by atoms with E-state index in [0.29, 0.717) is 24.5 Å². The minimum Gasteiger partial charge on any atom is -0.464 e. The van der Waals surface area contributed by atoms with Gasteiger partial charge < -0.3 is 20.3 Å². The number of nitrogens with two attached hydrogens (primary N) is 1. The first-order valence-electron chi connectivity index (χ1n) is 11.4. The molecule has 0 amide bonds. The zero-order valence-electron chi connectivity index (χ0n) is 20.5. The van der Waals surface area contributed by atoms with Gasteiger partial charge in [-0.15, -0.1) is 0 Å². The molecule has 2 aliphatic heterocycles. The van der Waals surface area contributed by atoms with E-state index in [1.165, 1.54) is 6.42 Å². The minimum absolute atomic E-state index is 0.0425. The zero-order valence-corrected chi connectivity index (χ0v) is 20.5. The van der Waals surface area contributed by atoms with Crippen molar-refractivity contribution < 1.29 is 4.74 Å². The Morgan fingerprint density at radius 3 is 1.67 bits per heavy atom. The van der Waals surface area contributed by atoms with Gasteiger partial charge in [-0.25, -0.2) is 0 Å². The first kappa shape index (κ1) is 23.0. The van der Waals surface area contributed by atoms with Crippen LogP contribution < -0.4 is 20.3 Å². The third-order valence-corrected chi connectivity index (χ3v) is 6.79. The summed E-state index contributed by atoms with van der Waals surface area (Å²) in [5.41, 5.74) is 5.98. The number of hydrogen-bond donors (Lipinski definition) is 1. The summed E-state index contributed by atoms with van der Waals surface area (Å²) < 4.78 is 5.82. The van der Waals surface area contributed by atoms with Crippen LogP contribution in [0, 0.1) is 0 Å². The number of anilines is 2. The van der Waals surface area contributed by atoms with Crippen LogP contribution in [0.3, 0.4) is 0 Å². The van der Waals surface area contributed by atoms with Crippen molar-refractivity contribution in [1.82, 2.24) is 15.0 Å². The van der Waals surface area contributed by atoms with Crippen molar-refractivity contribution in [2.75, 3.05) is 16.4 Å². The van der Waals surface area contributed by atoms with Crippen LogP contribution in [0.25, 0.3) is 0 Å². The number of rotatable bonds is 4. The molecule has 0 radical (unpaired) electrons. The summed E-state index contributed by atoms with van der Waals surface area (Å²) in [4.78, 5) is 19.3. The summed E-state index contributed by atoms with van der Waals surface area (Å²) in [6, 6.07) is 0.565. The lowest BCUT2D eigenvalue weighted by atomic mass is 9.77. The number of hydrogen-bond acceptors (Lipinski definition) is 7. The van der Waals surface area contributed by atoms with Crippen molar-refractivity contribution in [3.63, 3.8) is 0 Å². The first-order chi connectivity index (χ1) is 13.7. The first-order valence-corrected chi connectivity index (χ1v) is 11.4. The molecule has 2 saturated heterocycles. The van der Waals surface area contributed by atoms with Crippen LogP contribution >= 0.6 is 0 Å². The van der Waals surface area contributed by atoms with Crippen LogP contribution in [-0.4, -0.2) is 49.8 Å². The molecule has 170 valence electrons. The van der Waals surface area contributed by atoms with E-state index in [4.69, 9.17) is 25.4 Å². The maximum Gasteiger partial charge on any atom is 0.323 e. The summed E-state index contributed by atoms with van der Waals surface area (Å²) in [6.07, 6.45) is 5.20. The molecule has 0 spiro atoms. The molecular formula is C23H42N6O. The summed E-state index contributed by atoms with van der Waals surface area (Å²) in [6.45, 7) is 20.5. The molecule has 2 fully saturated rings. The van der Waals surface area contributed by atoms with Crippen molar-refractivity contribution in [2.45, 2.75) is 123 Å². The Labute approximate surface area is 182 Å². The van der Waals surface area contributed by atoms with Crippen molar-refractivity contribution in [2.24, 2.45) is 5.73 Å².